The number of rotatable bonds is 5. The fraction of sp³-hybridized carbons (Fsp3) is 0.467. The van der Waals surface area contributed by atoms with Crippen molar-refractivity contribution in [1.29, 1.82) is 0 Å². The number of methoxy groups -OCH3 is 1. The molecule has 0 fully saturated rings. The first-order valence-corrected chi connectivity index (χ1v) is 6.66. The van der Waals surface area contributed by atoms with Gasteiger partial charge >= 0.3 is 6.09 Å². The smallest absolute Gasteiger partial charge is 0.408 e. The van der Waals surface area contributed by atoms with Crippen molar-refractivity contribution in [2.24, 2.45) is 0 Å². The zero-order chi connectivity index (χ0) is 16.9. The average Bonchev–Trinajstić information content (AvgIpc) is 2.42. The topological polar surface area (TPSA) is 108 Å². The van der Waals surface area contributed by atoms with Crippen molar-refractivity contribution in [2.45, 2.75) is 38.5 Å². The van der Waals surface area contributed by atoms with Crippen molar-refractivity contribution >= 4 is 12.1 Å². The van der Waals surface area contributed by atoms with Crippen LogP contribution in [0.3, 0.4) is 0 Å². The van der Waals surface area contributed by atoms with E-state index in [2.05, 4.69) is 5.32 Å². The largest absolute Gasteiger partial charge is 0.548 e. The van der Waals surface area contributed by atoms with E-state index in [4.69, 9.17) is 9.47 Å². The minimum atomic E-state index is -1.65. The fourth-order valence-electron chi connectivity index (χ4n) is 1.72. The molecular formula is C15H20NO6-. The van der Waals surface area contributed by atoms with Crippen molar-refractivity contribution in [3.05, 3.63) is 29.8 Å². The normalized spacial score (nSPS) is 13.9. The predicted octanol–water partition coefficient (Wildman–Crippen LogP) is 0.372. The minimum Gasteiger partial charge on any atom is -0.548 e. The number of carboxylic acid groups (broad SMARTS) is 1. The van der Waals surface area contributed by atoms with Crippen LogP contribution in [0.15, 0.2) is 24.3 Å². The molecule has 2 N–H and O–H groups in total. The van der Waals surface area contributed by atoms with Gasteiger partial charge in [-0.05, 0) is 38.5 Å². The van der Waals surface area contributed by atoms with Crippen LogP contribution < -0.4 is 15.2 Å². The van der Waals surface area contributed by atoms with Gasteiger partial charge in [0.2, 0.25) is 0 Å². The second-order valence-corrected chi connectivity index (χ2v) is 5.66. The van der Waals surface area contributed by atoms with Crippen LogP contribution in [0.2, 0.25) is 0 Å². The van der Waals surface area contributed by atoms with Gasteiger partial charge < -0.3 is 29.8 Å². The first kappa shape index (κ1) is 17.8. The van der Waals surface area contributed by atoms with Crippen LogP contribution in [-0.2, 0) is 9.53 Å². The van der Waals surface area contributed by atoms with Crippen LogP contribution in [0.4, 0.5) is 4.79 Å². The van der Waals surface area contributed by atoms with E-state index in [0.29, 0.717) is 5.75 Å². The molecule has 7 heteroatoms. The van der Waals surface area contributed by atoms with E-state index in [0.717, 1.165) is 0 Å². The molecule has 1 rings (SSSR count). The number of aliphatic carboxylic acids is 1. The monoisotopic (exact) mass is 310 g/mol. The van der Waals surface area contributed by atoms with Crippen LogP contribution in [0, 0.1) is 0 Å². The molecule has 22 heavy (non-hydrogen) atoms. The van der Waals surface area contributed by atoms with E-state index in [9.17, 15) is 19.8 Å². The highest BCUT2D eigenvalue weighted by molar-refractivity contribution is 5.79. The summed E-state index contributed by atoms with van der Waals surface area (Å²) in [4.78, 5) is 22.9. The van der Waals surface area contributed by atoms with Crippen molar-refractivity contribution in [3.8, 4) is 5.75 Å². The molecule has 0 spiro atoms. The highest BCUT2D eigenvalue weighted by Crippen LogP contribution is 2.22. The molecular weight excluding hydrogens is 290 g/mol. The number of ether oxygens (including phenoxy) is 2. The maximum absolute atomic E-state index is 11.7. The van der Waals surface area contributed by atoms with Gasteiger partial charge in [-0.2, -0.15) is 0 Å². The van der Waals surface area contributed by atoms with Gasteiger partial charge in [0.05, 0.1) is 13.1 Å². The summed E-state index contributed by atoms with van der Waals surface area (Å²) in [6, 6.07) is 4.57. The highest BCUT2D eigenvalue weighted by Gasteiger charge is 2.27. The van der Waals surface area contributed by atoms with Gasteiger partial charge in [-0.25, -0.2) is 4.79 Å². The molecule has 1 aromatic rings. The Labute approximate surface area is 128 Å². The molecule has 0 radical (unpaired) electrons. The number of carbonyl (C=O) groups is 2. The molecule has 0 aliphatic carbocycles. The lowest BCUT2D eigenvalue weighted by Crippen LogP contribution is -2.52. The van der Waals surface area contributed by atoms with Gasteiger partial charge in [0, 0.05) is 0 Å². The first-order valence-electron chi connectivity index (χ1n) is 6.66. The molecule has 0 aliphatic heterocycles. The van der Waals surface area contributed by atoms with Crippen LogP contribution in [-0.4, -0.2) is 35.9 Å². The lowest BCUT2D eigenvalue weighted by atomic mass is 10.0. The number of aliphatic hydroxyl groups is 1. The van der Waals surface area contributed by atoms with Crippen molar-refractivity contribution in [1.82, 2.24) is 5.32 Å². The Balaban J connectivity index is 2.90. The fourth-order valence-corrected chi connectivity index (χ4v) is 1.72. The summed E-state index contributed by atoms with van der Waals surface area (Å²) < 4.78 is 9.98. The van der Waals surface area contributed by atoms with E-state index in [-0.39, 0.29) is 5.56 Å². The molecule has 1 amide bonds. The highest BCUT2D eigenvalue weighted by atomic mass is 16.6. The quantitative estimate of drug-likeness (QED) is 0.813. The Morgan fingerprint density at radius 3 is 2.45 bits per heavy atom. The Kier molecular flexibility index (Phi) is 5.76. The number of hydrogen-bond acceptors (Lipinski definition) is 6. The summed E-state index contributed by atoms with van der Waals surface area (Å²) in [6.45, 7) is 4.91. The third-order valence-electron chi connectivity index (χ3n) is 2.68. The van der Waals surface area contributed by atoms with Gasteiger partial charge in [0.1, 0.15) is 23.5 Å². The van der Waals surface area contributed by atoms with Crippen molar-refractivity contribution in [2.75, 3.05) is 7.11 Å². The van der Waals surface area contributed by atoms with E-state index in [1.54, 1.807) is 32.9 Å². The standard InChI is InChI=1S/C15H21NO6/c1-15(2,3)22-14(20)16-11(13(18)19)12(17)9-6-5-7-10(8-9)21-4/h5-8,11-12,17H,1-4H3,(H,16,20)(H,18,19)/p-1/t11-,12-/m1/s1. The molecule has 7 nitrogen and oxygen atoms in total. The Bertz CT molecular complexity index is 537. The SMILES string of the molecule is COc1cccc([C@@H](O)[C@@H](NC(=O)OC(C)(C)C)C(=O)[O-])c1. The molecule has 1 aromatic carbocycles. The van der Waals surface area contributed by atoms with Crippen LogP contribution >= 0.6 is 0 Å². The van der Waals surface area contributed by atoms with Gasteiger partial charge in [0.15, 0.2) is 0 Å². The van der Waals surface area contributed by atoms with Crippen LogP contribution in [0.5, 0.6) is 5.75 Å². The van der Waals surface area contributed by atoms with Gasteiger partial charge in [-0.3, -0.25) is 0 Å². The predicted molar refractivity (Wildman–Crippen MR) is 76.1 cm³/mol. The summed E-state index contributed by atoms with van der Waals surface area (Å²) >= 11 is 0. The summed E-state index contributed by atoms with van der Waals surface area (Å²) in [5.74, 6) is -1.17. The van der Waals surface area contributed by atoms with Crippen molar-refractivity contribution < 1.29 is 29.3 Å². The number of carbonyl (C=O) groups excluding carboxylic acids is 2. The van der Waals surface area contributed by atoms with E-state index >= 15 is 0 Å². The second-order valence-electron chi connectivity index (χ2n) is 5.66. The average molecular weight is 310 g/mol. The number of alkyl carbamates (subject to hydrolysis) is 1. The summed E-state index contributed by atoms with van der Waals surface area (Å²) in [6.07, 6.45) is -2.46. The van der Waals surface area contributed by atoms with E-state index in [1.807, 2.05) is 0 Å². The summed E-state index contributed by atoms with van der Waals surface area (Å²) in [5, 5.41) is 23.5. The molecule has 0 unspecified atom stereocenters. The molecule has 0 aliphatic rings. The number of nitrogens with one attached hydrogen (secondary N) is 1. The Morgan fingerprint density at radius 1 is 1.32 bits per heavy atom. The molecule has 0 heterocycles. The van der Waals surface area contributed by atoms with Crippen LogP contribution in [0.1, 0.15) is 32.4 Å². The Morgan fingerprint density at radius 2 is 1.95 bits per heavy atom. The summed E-state index contributed by atoms with van der Waals surface area (Å²) in [7, 11) is 1.45. The zero-order valence-corrected chi connectivity index (χ0v) is 13.0. The third-order valence-corrected chi connectivity index (χ3v) is 2.68. The van der Waals surface area contributed by atoms with E-state index < -0.39 is 29.8 Å². The van der Waals surface area contributed by atoms with Gasteiger partial charge in [-0.15, -0.1) is 0 Å². The van der Waals surface area contributed by atoms with Crippen LogP contribution in [0.25, 0.3) is 0 Å². The summed E-state index contributed by atoms with van der Waals surface area (Å²) in [5.41, 5.74) is -0.522. The number of aliphatic hydroxyl groups excluding tert-OH is 1. The molecule has 0 aromatic heterocycles. The van der Waals surface area contributed by atoms with Gasteiger partial charge in [-0.1, -0.05) is 12.1 Å². The number of amides is 1. The number of carboxylic acids is 1. The first-order chi connectivity index (χ1) is 10.1. The molecule has 122 valence electrons. The minimum absolute atomic E-state index is 0.268. The second kappa shape index (κ2) is 7.13. The maximum Gasteiger partial charge on any atom is 0.408 e. The zero-order valence-electron chi connectivity index (χ0n) is 13.0. The Hall–Kier alpha value is -2.28. The molecule has 0 saturated heterocycles. The molecule has 0 saturated carbocycles. The molecule has 0 bridgehead atoms. The van der Waals surface area contributed by atoms with E-state index in [1.165, 1.54) is 19.2 Å². The van der Waals surface area contributed by atoms with Crippen molar-refractivity contribution in [3.63, 3.8) is 0 Å². The maximum atomic E-state index is 11.7. The number of hydrogen-bond donors (Lipinski definition) is 2. The molecule has 2 atom stereocenters. The van der Waals surface area contributed by atoms with Gasteiger partial charge in [0.25, 0.3) is 0 Å². The lowest BCUT2D eigenvalue weighted by Gasteiger charge is -2.27. The lowest BCUT2D eigenvalue weighted by molar-refractivity contribution is -0.310. The number of benzene rings is 1. The third kappa shape index (κ3) is 5.25.